The first-order valence-electron chi connectivity index (χ1n) is 7.68. The van der Waals surface area contributed by atoms with Crippen molar-refractivity contribution in [1.29, 1.82) is 0 Å². The highest BCUT2D eigenvalue weighted by Gasteiger charge is 2.49. The number of hydrogen-bond acceptors (Lipinski definition) is 4. The summed E-state index contributed by atoms with van der Waals surface area (Å²) in [6, 6.07) is 4.64. The second kappa shape index (κ2) is 7.05. The molecule has 146 valence electrons. The van der Waals surface area contributed by atoms with Crippen molar-refractivity contribution in [3.63, 3.8) is 0 Å². The molecule has 0 bridgehead atoms. The van der Waals surface area contributed by atoms with E-state index in [0.717, 1.165) is 4.90 Å². The van der Waals surface area contributed by atoms with E-state index in [1.54, 1.807) is 0 Å². The van der Waals surface area contributed by atoms with Crippen LogP contribution in [0, 0.1) is 0 Å². The molecular weight excluding hydrogens is 375 g/mol. The zero-order valence-electron chi connectivity index (χ0n) is 14.4. The Bertz CT molecular complexity index is 781. The van der Waals surface area contributed by atoms with Crippen LogP contribution in [-0.4, -0.2) is 57.4 Å². The molecule has 2 rings (SSSR count). The Morgan fingerprint density at radius 2 is 2.00 bits per heavy atom. The second-order valence-corrected chi connectivity index (χ2v) is 8.34. The van der Waals surface area contributed by atoms with E-state index >= 15 is 0 Å². The first-order chi connectivity index (χ1) is 11.8. The molecule has 1 fully saturated rings. The van der Waals surface area contributed by atoms with Crippen LogP contribution in [-0.2, 0) is 14.8 Å². The van der Waals surface area contributed by atoms with Crippen molar-refractivity contribution in [3.8, 4) is 0 Å². The monoisotopic (exact) mass is 395 g/mol. The first-order valence-corrected chi connectivity index (χ1v) is 9.16. The van der Waals surface area contributed by atoms with Crippen LogP contribution < -0.4 is 10.0 Å². The van der Waals surface area contributed by atoms with E-state index in [2.05, 4.69) is 10.0 Å². The summed E-state index contributed by atoms with van der Waals surface area (Å²) in [5.74, 6) is 0. The molecule has 1 aliphatic rings. The summed E-state index contributed by atoms with van der Waals surface area (Å²) in [6.45, 7) is 2.24. The lowest BCUT2D eigenvalue weighted by Gasteiger charge is -2.43. The van der Waals surface area contributed by atoms with E-state index in [9.17, 15) is 26.4 Å². The lowest BCUT2D eigenvalue weighted by Crippen LogP contribution is -2.59. The SMILES string of the molecule is CNS(=O)(=O)c1cccc(NC(=O)N2CC(C(F)(F)F)OC(C)(C)C2)c1. The maximum absolute atomic E-state index is 13.0. The van der Waals surface area contributed by atoms with Crippen LogP contribution in [0.5, 0.6) is 0 Å². The molecule has 2 amide bonds. The zero-order chi connectivity index (χ0) is 19.8. The third-order valence-corrected chi connectivity index (χ3v) is 5.15. The topological polar surface area (TPSA) is 87.7 Å². The van der Waals surface area contributed by atoms with Gasteiger partial charge in [0.2, 0.25) is 10.0 Å². The van der Waals surface area contributed by atoms with Gasteiger partial charge in [-0.05, 0) is 39.1 Å². The minimum Gasteiger partial charge on any atom is -0.359 e. The van der Waals surface area contributed by atoms with E-state index in [-0.39, 0.29) is 17.1 Å². The van der Waals surface area contributed by atoms with Gasteiger partial charge in [-0.25, -0.2) is 17.9 Å². The summed E-state index contributed by atoms with van der Waals surface area (Å²) in [4.78, 5) is 13.3. The molecule has 0 aromatic heterocycles. The Kier molecular flexibility index (Phi) is 5.54. The number of ether oxygens (including phenoxy) is 1. The highest BCUT2D eigenvalue weighted by atomic mass is 32.2. The van der Waals surface area contributed by atoms with Gasteiger partial charge >= 0.3 is 12.2 Å². The van der Waals surface area contributed by atoms with Gasteiger partial charge in [0, 0.05) is 5.69 Å². The molecule has 1 saturated heterocycles. The van der Waals surface area contributed by atoms with E-state index in [0.29, 0.717) is 0 Å². The predicted octanol–water partition coefficient (Wildman–Crippen LogP) is 2.17. The maximum atomic E-state index is 13.0. The van der Waals surface area contributed by atoms with Crippen molar-refractivity contribution in [2.24, 2.45) is 0 Å². The summed E-state index contributed by atoms with van der Waals surface area (Å²) in [5, 5.41) is 2.43. The van der Waals surface area contributed by atoms with Crippen molar-refractivity contribution in [1.82, 2.24) is 9.62 Å². The van der Waals surface area contributed by atoms with Gasteiger partial charge in [0.25, 0.3) is 0 Å². The number of benzene rings is 1. The van der Waals surface area contributed by atoms with Crippen LogP contribution >= 0.6 is 0 Å². The van der Waals surface area contributed by atoms with Crippen LogP contribution in [0.4, 0.5) is 23.7 Å². The Balaban J connectivity index is 2.18. The third-order valence-electron chi connectivity index (χ3n) is 3.74. The van der Waals surface area contributed by atoms with E-state index < -0.39 is 40.5 Å². The molecule has 11 heteroatoms. The van der Waals surface area contributed by atoms with Crippen LogP contribution in [0.2, 0.25) is 0 Å². The van der Waals surface area contributed by atoms with Crippen LogP contribution in [0.15, 0.2) is 29.2 Å². The quantitative estimate of drug-likeness (QED) is 0.821. The van der Waals surface area contributed by atoms with E-state index in [1.807, 2.05) is 0 Å². The Labute approximate surface area is 149 Å². The Morgan fingerprint density at radius 3 is 2.58 bits per heavy atom. The minimum atomic E-state index is -4.60. The number of alkyl halides is 3. The molecule has 0 radical (unpaired) electrons. The molecular formula is C15H20F3N3O4S. The van der Waals surface area contributed by atoms with E-state index in [1.165, 1.54) is 45.2 Å². The number of carbonyl (C=O) groups is 1. The number of halogens is 3. The first kappa shape index (κ1) is 20.5. The van der Waals surface area contributed by atoms with Gasteiger partial charge in [-0.1, -0.05) is 6.07 Å². The van der Waals surface area contributed by atoms with Crippen molar-refractivity contribution in [2.75, 3.05) is 25.5 Å². The van der Waals surface area contributed by atoms with Gasteiger partial charge in [0.15, 0.2) is 6.10 Å². The molecule has 1 heterocycles. The summed E-state index contributed by atoms with van der Waals surface area (Å²) >= 11 is 0. The van der Waals surface area contributed by atoms with Gasteiger partial charge < -0.3 is 15.0 Å². The van der Waals surface area contributed by atoms with Gasteiger partial charge in [0.05, 0.1) is 23.6 Å². The number of nitrogens with one attached hydrogen (secondary N) is 2. The smallest absolute Gasteiger partial charge is 0.359 e. The molecule has 0 aliphatic carbocycles. The highest BCUT2D eigenvalue weighted by molar-refractivity contribution is 7.89. The van der Waals surface area contributed by atoms with E-state index in [4.69, 9.17) is 4.74 Å². The van der Waals surface area contributed by atoms with Gasteiger partial charge in [-0.3, -0.25) is 0 Å². The molecule has 0 spiro atoms. The fourth-order valence-corrected chi connectivity index (χ4v) is 3.35. The minimum absolute atomic E-state index is 0.0417. The summed E-state index contributed by atoms with van der Waals surface area (Å²) in [7, 11) is -2.47. The molecule has 1 aromatic rings. The number of amides is 2. The fraction of sp³-hybridized carbons (Fsp3) is 0.533. The van der Waals surface area contributed by atoms with Crippen molar-refractivity contribution >= 4 is 21.7 Å². The molecule has 2 N–H and O–H groups in total. The Morgan fingerprint density at radius 1 is 1.35 bits per heavy atom. The number of anilines is 1. The number of urea groups is 1. The number of sulfonamides is 1. The number of hydrogen-bond donors (Lipinski definition) is 2. The summed E-state index contributed by atoms with van der Waals surface area (Å²) in [6.07, 6.45) is -6.69. The summed E-state index contributed by atoms with van der Waals surface area (Å²) in [5.41, 5.74) is -1.02. The highest BCUT2D eigenvalue weighted by Crippen LogP contribution is 2.32. The average molecular weight is 395 g/mol. The second-order valence-electron chi connectivity index (χ2n) is 6.45. The van der Waals surface area contributed by atoms with Gasteiger partial charge in [-0.2, -0.15) is 13.2 Å². The largest absolute Gasteiger partial charge is 0.416 e. The normalized spacial score (nSPS) is 20.7. The number of morpholine rings is 1. The lowest BCUT2D eigenvalue weighted by molar-refractivity contribution is -0.267. The van der Waals surface area contributed by atoms with Crippen LogP contribution in [0.1, 0.15) is 13.8 Å². The van der Waals surface area contributed by atoms with Crippen molar-refractivity contribution in [3.05, 3.63) is 24.3 Å². The van der Waals surface area contributed by atoms with Gasteiger partial charge in [0.1, 0.15) is 0 Å². The fourth-order valence-electron chi connectivity index (χ4n) is 2.57. The van der Waals surface area contributed by atoms with Gasteiger partial charge in [-0.15, -0.1) is 0 Å². The molecule has 26 heavy (non-hydrogen) atoms. The standard InChI is InChI=1S/C15H20F3N3O4S/c1-14(2)9-21(8-12(25-14)15(16,17)18)13(22)20-10-5-4-6-11(7-10)26(23,24)19-3/h4-7,12,19H,8-9H2,1-3H3,(H,20,22). The number of rotatable bonds is 3. The molecule has 0 saturated carbocycles. The zero-order valence-corrected chi connectivity index (χ0v) is 15.2. The molecule has 1 aliphatic heterocycles. The molecule has 7 nitrogen and oxygen atoms in total. The van der Waals surface area contributed by atoms with Crippen LogP contribution in [0.3, 0.4) is 0 Å². The summed E-state index contributed by atoms with van der Waals surface area (Å²) < 4.78 is 69.8. The molecule has 1 atom stereocenters. The lowest BCUT2D eigenvalue weighted by atomic mass is 10.1. The maximum Gasteiger partial charge on any atom is 0.416 e. The predicted molar refractivity (Wildman–Crippen MR) is 88.3 cm³/mol. The third kappa shape index (κ3) is 4.86. The number of carbonyl (C=O) groups excluding carboxylic acids is 1. The Hall–Kier alpha value is -1.85. The molecule has 1 aromatic carbocycles. The van der Waals surface area contributed by atoms with Crippen molar-refractivity contribution in [2.45, 2.75) is 36.6 Å². The average Bonchev–Trinajstić information content (AvgIpc) is 2.52. The van der Waals surface area contributed by atoms with Crippen molar-refractivity contribution < 1.29 is 31.1 Å². The number of nitrogens with zero attached hydrogens (tertiary/aromatic N) is 1. The van der Waals surface area contributed by atoms with Crippen LogP contribution in [0.25, 0.3) is 0 Å². The molecule has 1 unspecified atom stereocenters.